The smallest absolute Gasteiger partial charge is 0.133 e. The SMILES string of the molecule is c1ncnc(CCNC2CC2)n1. The van der Waals surface area contributed by atoms with Gasteiger partial charge in [0.2, 0.25) is 0 Å². The van der Waals surface area contributed by atoms with Gasteiger partial charge in [-0.05, 0) is 12.8 Å². The molecule has 1 aromatic heterocycles. The Morgan fingerprint density at radius 3 is 2.75 bits per heavy atom. The summed E-state index contributed by atoms with van der Waals surface area (Å²) in [4.78, 5) is 11.8. The van der Waals surface area contributed by atoms with Crippen LogP contribution in [0.2, 0.25) is 0 Å². The zero-order chi connectivity index (χ0) is 8.23. The average Bonchev–Trinajstić information content (AvgIpc) is 2.90. The number of rotatable bonds is 4. The van der Waals surface area contributed by atoms with Gasteiger partial charge in [-0.2, -0.15) is 0 Å². The molecule has 1 saturated carbocycles. The molecule has 1 aliphatic carbocycles. The van der Waals surface area contributed by atoms with E-state index in [4.69, 9.17) is 0 Å². The van der Waals surface area contributed by atoms with Crippen molar-refractivity contribution in [1.82, 2.24) is 20.3 Å². The van der Waals surface area contributed by atoms with Crippen LogP contribution in [0.4, 0.5) is 0 Å². The molecule has 2 rings (SSSR count). The molecule has 0 atom stereocenters. The van der Waals surface area contributed by atoms with E-state index in [9.17, 15) is 0 Å². The molecular formula is C8H12N4. The normalized spacial score (nSPS) is 16.3. The Kier molecular flexibility index (Phi) is 2.27. The molecule has 1 heterocycles. The van der Waals surface area contributed by atoms with Crippen LogP contribution in [-0.2, 0) is 6.42 Å². The molecule has 0 radical (unpaired) electrons. The maximum atomic E-state index is 4.03. The first kappa shape index (κ1) is 7.61. The maximum absolute atomic E-state index is 4.03. The van der Waals surface area contributed by atoms with Crippen LogP contribution in [0.3, 0.4) is 0 Å². The van der Waals surface area contributed by atoms with Crippen LogP contribution >= 0.6 is 0 Å². The predicted octanol–water partition coefficient (Wildman–Crippen LogP) is 0.166. The van der Waals surface area contributed by atoms with Crippen molar-refractivity contribution in [2.75, 3.05) is 6.54 Å². The van der Waals surface area contributed by atoms with E-state index in [1.807, 2.05) is 0 Å². The third kappa shape index (κ3) is 2.23. The van der Waals surface area contributed by atoms with E-state index in [-0.39, 0.29) is 0 Å². The fraction of sp³-hybridized carbons (Fsp3) is 0.625. The van der Waals surface area contributed by atoms with Crippen LogP contribution in [0.1, 0.15) is 18.7 Å². The Balaban J connectivity index is 1.72. The minimum atomic E-state index is 0.770. The molecule has 0 unspecified atom stereocenters. The molecule has 4 nitrogen and oxygen atoms in total. The van der Waals surface area contributed by atoms with E-state index in [0.29, 0.717) is 0 Å². The Labute approximate surface area is 71.5 Å². The Morgan fingerprint density at radius 1 is 1.33 bits per heavy atom. The largest absolute Gasteiger partial charge is 0.314 e. The second-order valence-corrected chi connectivity index (χ2v) is 3.03. The van der Waals surface area contributed by atoms with Crippen molar-refractivity contribution >= 4 is 0 Å². The van der Waals surface area contributed by atoms with Gasteiger partial charge in [-0.1, -0.05) is 0 Å². The maximum Gasteiger partial charge on any atom is 0.133 e. The monoisotopic (exact) mass is 164 g/mol. The number of hydrogen-bond acceptors (Lipinski definition) is 4. The lowest BCUT2D eigenvalue weighted by Crippen LogP contribution is -2.20. The predicted molar refractivity (Wildman–Crippen MR) is 44.6 cm³/mol. The lowest BCUT2D eigenvalue weighted by molar-refractivity contribution is 0.663. The summed E-state index contributed by atoms with van der Waals surface area (Å²) < 4.78 is 0. The molecule has 0 aromatic carbocycles. The minimum absolute atomic E-state index is 0.770. The average molecular weight is 164 g/mol. The molecule has 1 aliphatic rings. The van der Waals surface area contributed by atoms with E-state index in [0.717, 1.165) is 24.8 Å². The summed E-state index contributed by atoms with van der Waals surface area (Å²) in [5, 5.41) is 3.40. The van der Waals surface area contributed by atoms with Gasteiger partial charge in [0.25, 0.3) is 0 Å². The van der Waals surface area contributed by atoms with Gasteiger partial charge >= 0.3 is 0 Å². The highest BCUT2D eigenvalue weighted by Gasteiger charge is 2.19. The van der Waals surface area contributed by atoms with Crippen molar-refractivity contribution < 1.29 is 0 Å². The molecule has 0 aliphatic heterocycles. The molecule has 1 N–H and O–H groups in total. The van der Waals surface area contributed by atoms with Crippen molar-refractivity contribution in [2.24, 2.45) is 0 Å². The highest BCUT2D eigenvalue weighted by molar-refractivity contribution is 4.85. The lowest BCUT2D eigenvalue weighted by Gasteiger charge is -1.99. The molecule has 12 heavy (non-hydrogen) atoms. The molecule has 1 aromatic rings. The number of hydrogen-bond donors (Lipinski definition) is 1. The molecule has 0 bridgehead atoms. The van der Waals surface area contributed by atoms with E-state index in [1.165, 1.54) is 12.8 Å². The summed E-state index contributed by atoms with van der Waals surface area (Å²) >= 11 is 0. The summed E-state index contributed by atoms with van der Waals surface area (Å²) in [5.41, 5.74) is 0. The summed E-state index contributed by atoms with van der Waals surface area (Å²) in [7, 11) is 0. The third-order valence-electron chi connectivity index (χ3n) is 1.91. The Morgan fingerprint density at radius 2 is 2.08 bits per heavy atom. The number of aromatic nitrogens is 3. The summed E-state index contributed by atoms with van der Waals surface area (Å²) in [6.07, 6.45) is 6.65. The van der Waals surface area contributed by atoms with Crippen LogP contribution in [0.5, 0.6) is 0 Å². The molecule has 64 valence electrons. The first-order valence-electron chi connectivity index (χ1n) is 4.29. The molecular weight excluding hydrogens is 152 g/mol. The van der Waals surface area contributed by atoms with Gasteiger partial charge in [-0.25, -0.2) is 15.0 Å². The number of nitrogens with one attached hydrogen (secondary N) is 1. The first-order chi connectivity index (χ1) is 5.95. The highest BCUT2D eigenvalue weighted by Crippen LogP contribution is 2.18. The Bertz CT molecular complexity index is 232. The van der Waals surface area contributed by atoms with Gasteiger partial charge in [0.05, 0.1) is 0 Å². The van der Waals surface area contributed by atoms with Gasteiger partial charge in [0.1, 0.15) is 18.5 Å². The van der Waals surface area contributed by atoms with Crippen LogP contribution in [0, 0.1) is 0 Å². The zero-order valence-corrected chi connectivity index (χ0v) is 6.90. The van der Waals surface area contributed by atoms with Crippen LogP contribution < -0.4 is 5.32 Å². The fourth-order valence-corrected chi connectivity index (χ4v) is 1.07. The van der Waals surface area contributed by atoms with Crippen LogP contribution in [0.15, 0.2) is 12.7 Å². The molecule has 4 heteroatoms. The summed E-state index contributed by atoms with van der Waals surface area (Å²) in [5.74, 6) is 0.873. The van der Waals surface area contributed by atoms with Crippen molar-refractivity contribution in [3.05, 3.63) is 18.5 Å². The van der Waals surface area contributed by atoms with E-state index in [2.05, 4.69) is 20.3 Å². The van der Waals surface area contributed by atoms with E-state index in [1.54, 1.807) is 12.7 Å². The standard InChI is InChI=1S/C8H12N4/c1-2-7(1)10-4-3-8-11-5-9-6-12-8/h5-7,10H,1-4H2. The Hall–Kier alpha value is -1.03. The quantitative estimate of drug-likeness (QED) is 0.689. The third-order valence-corrected chi connectivity index (χ3v) is 1.91. The van der Waals surface area contributed by atoms with Gasteiger partial charge in [-0.3, -0.25) is 0 Å². The number of nitrogens with zero attached hydrogens (tertiary/aromatic N) is 3. The zero-order valence-electron chi connectivity index (χ0n) is 6.90. The molecule has 1 fully saturated rings. The molecule has 0 spiro atoms. The fourth-order valence-electron chi connectivity index (χ4n) is 1.07. The van der Waals surface area contributed by atoms with Gasteiger partial charge in [-0.15, -0.1) is 0 Å². The van der Waals surface area contributed by atoms with E-state index < -0.39 is 0 Å². The van der Waals surface area contributed by atoms with Crippen LogP contribution in [-0.4, -0.2) is 27.5 Å². The first-order valence-corrected chi connectivity index (χ1v) is 4.29. The minimum Gasteiger partial charge on any atom is -0.314 e. The molecule has 0 saturated heterocycles. The van der Waals surface area contributed by atoms with Crippen molar-refractivity contribution in [2.45, 2.75) is 25.3 Å². The van der Waals surface area contributed by atoms with Crippen molar-refractivity contribution in [3.63, 3.8) is 0 Å². The second-order valence-electron chi connectivity index (χ2n) is 3.03. The van der Waals surface area contributed by atoms with Gasteiger partial charge in [0, 0.05) is 19.0 Å². The van der Waals surface area contributed by atoms with Crippen molar-refractivity contribution in [1.29, 1.82) is 0 Å². The lowest BCUT2D eigenvalue weighted by atomic mass is 10.4. The van der Waals surface area contributed by atoms with Crippen molar-refractivity contribution in [3.8, 4) is 0 Å². The second kappa shape index (κ2) is 3.58. The topological polar surface area (TPSA) is 50.7 Å². The van der Waals surface area contributed by atoms with E-state index >= 15 is 0 Å². The molecule has 0 amide bonds. The van der Waals surface area contributed by atoms with Gasteiger partial charge < -0.3 is 5.32 Å². The van der Waals surface area contributed by atoms with Gasteiger partial charge in [0.15, 0.2) is 0 Å². The summed E-state index contributed by atoms with van der Waals surface area (Å²) in [6.45, 7) is 0.981. The summed E-state index contributed by atoms with van der Waals surface area (Å²) in [6, 6.07) is 0.770. The highest BCUT2D eigenvalue weighted by atomic mass is 15.0. The van der Waals surface area contributed by atoms with Crippen LogP contribution in [0.25, 0.3) is 0 Å².